The average Bonchev–Trinajstić information content (AvgIpc) is 2.78. The highest BCUT2D eigenvalue weighted by Crippen LogP contribution is 2.76. The lowest BCUT2D eigenvalue weighted by atomic mass is 9.31. The number of ketones is 1. The van der Waals surface area contributed by atoms with Gasteiger partial charge in [-0.25, -0.2) is 4.85 Å². The average molecular weight is 510 g/mol. The molecule has 37 heavy (non-hydrogen) atoms. The molecule has 5 heteroatoms. The van der Waals surface area contributed by atoms with E-state index in [2.05, 4.69) is 59.4 Å². The van der Waals surface area contributed by atoms with E-state index in [0.717, 1.165) is 44.9 Å². The zero-order valence-corrected chi connectivity index (χ0v) is 24.0. The molecule has 2 N–H and O–H groups in total. The van der Waals surface area contributed by atoms with Crippen LogP contribution in [0.25, 0.3) is 4.85 Å². The van der Waals surface area contributed by atoms with Crippen molar-refractivity contribution in [2.45, 2.75) is 112 Å². The maximum Gasteiger partial charge on any atom is 0.303 e. The van der Waals surface area contributed by atoms with Gasteiger partial charge in [0.2, 0.25) is 0 Å². The van der Waals surface area contributed by atoms with Gasteiger partial charge in [-0.15, -0.1) is 0 Å². The number of fused-ring (bicyclic) bond motifs is 7. The van der Waals surface area contributed by atoms with Gasteiger partial charge in [0.25, 0.3) is 0 Å². The molecule has 0 heterocycles. The van der Waals surface area contributed by atoms with E-state index in [4.69, 9.17) is 6.57 Å². The van der Waals surface area contributed by atoms with Crippen LogP contribution in [0.1, 0.15) is 106 Å². The zero-order chi connectivity index (χ0) is 27.4. The van der Waals surface area contributed by atoms with Gasteiger partial charge in [-0.1, -0.05) is 54.5 Å². The molecule has 0 spiro atoms. The van der Waals surface area contributed by atoms with Crippen LogP contribution in [0, 0.1) is 62.7 Å². The molecule has 5 rings (SSSR count). The molecule has 9 atom stereocenters. The van der Waals surface area contributed by atoms with Gasteiger partial charge in [0, 0.05) is 12.3 Å². The van der Waals surface area contributed by atoms with Gasteiger partial charge in [0.1, 0.15) is 5.78 Å². The summed E-state index contributed by atoms with van der Waals surface area (Å²) in [6, 6.07) is 0. The minimum atomic E-state index is -0.772. The maximum atomic E-state index is 14.4. The number of nitrogens with zero attached hydrogens (tertiary/aromatic N) is 1. The van der Waals surface area contributed by atoms with Crippen molar-refractivity contribution in [2.75, 3.05) is 0 Å². The van der Waals surface area contributed by atoms with Gasteiger partial charge < -0.3 is 10.2 Å². The molecule has 0 aliphatic heterocycles. The highest BCUT2D eigenvalue weighted by atomic mass is 16.4. The number of Topliss-reactive ketones (excluding diaryl/α,β-unsaturated/α-hetero) is 1. The van der Waals surface area contributed by atoms with Crippen LogP contribution in [0.5, 0.6) is 0 Å². The fraction of sp³-hybridized carbons (Fsp3) is 0.844. The lowest BCUT2D eigenvalue weighted by Crippen LogP contribution is -2.68. The first-order chi connectivity index (χ1) is 17.0. The number of allylic oxidation sites excluding steroid dienone is 1. The van der Waals surface area contributed by atoms with E-state index >= 15 is 0 Å². The molecule has 4 saturated carbocycles. The number of aliphatic hydroxyl groups excluding tert-OH is 1. The summed E-state index contributed by atoms with van der Waals surface area (Å²) in [4.78, 5) is 30.3. The van der Waals surface area contributed by atoms with Crippen molar-refractivity contribution in [3.63, 3.8) is 0 Å². The second kappa shape index (κ2) is 7.93. The van der Waals surface area contributed by atoms with Crippen molar-refractivity contribution in [3.05, 3.63) is 23.2 Å². The van der Waals surface area contributed by atoms with Crippen LogP contribution in [-0.4, -0.2) is 28.1 Å². The van der Waals surface area contributed by atoms with E-state index in [9.17, 15) is 19.8 Å². The van der Waals surface area contributed by atoms with Gasteiger partial charge >= 0.3 is 5.97 Å². The summed E-state index contributed by atoms with van der Waals surface area (Å²) in [6.07, 6.45) is 8.58. The van der Waals surface area contributed by atoms with Crippen molar-refractivity contribution >= 4 is 11.8 Å². The number of carboxylic acids is 1. The molecule has 0 aromatic heterocycles. The van der Waals surface area contributed by atoms with Gasteiger partial charge in [-0.3, -0.25) is 9.59 Å². The van der Waals surface area contributed by atoms with Crippen LogP contribution < -0.4 is 0 Å². The Balaban J connectivity index is 1.63. The lowest BCUT2D eigenvalue weighted by molar-refractivity contribution is -0.228. The number of aliphatic carboxylic acids is 1. The smallest absolute Gasteiger partial charge is 0.303 e. The van der Waals surface area contributed by atoms with E-state index in [-0.39, 0.29) is 57.2 Å². The maximum absolute atomic E-state index is 14.4. The summed E-state index contributed by atoms with van der Waals surface area (Å²) in [5, 5.41) is 21.0. The van der Waals surface area contributed by atoms with Crippen LogP contribution in [-0.2, 0) is 9.59 Å². The van der Waals surface area contributed by atoms with Gasteiger partial charge in [-0.2, -0.15) is 0 Å². The predicted molar refractivity (Wildman–Crippen MR) is 143 cm³/mol. The normalized spacial score (nSPS) is 49.9. The summed E-state index contributed by atoms with van der Waals surface area (Å²) in [7, 11) is 0. The van der Waals surface area contributed by atoms with Crippen molar-refractivity contribution in [2.24, 2.45) is 56.2 Å². The van der Waals surface area contributed by atoms with E-state index in [1.807, 2.05) is 0 Å². The van der Waals surface area contributed by atoms with Gasteiger partial charge in [0.05, 0.1) is 19.1 Å². The third kappa shape index (κ3) is 3.43. The number of aliphatic hydroxyl groups is 1. The monoisotopic (exact) mass is 509 g/mol. The van der Waals surface area contributed by atoms with E-state index < -0.39 is 17.5 Å². The molecule has 0 amide bonds. The highest BCUT2D eigenvalue weighted by molar-refractivity contribution is 5.84. The molecular weight excluding hydrogens is 462 g/mol. The number of carbonyl (C=O) groups is 2. The largest absolute Gasteiger partial charge is 0.481 e. The van der Waals surface area contributed by atoms with Crippen LogP contribution in [0.2, 0.25) is 0 Å². The first-order valence-corrected chi connectivity index (χ1v) is 14.5. The fourth-order valence-corrected chi connectivity index (χ4v) is 11.2. The Labute approximate surface area is 223 Å². The number of carbonyl (C=O) groups excluding carboxylic acids is 1. The fourth-order valence-electron chi connectivity index (χ4n) is 11.2. The molecule has 0 aromatic rings. The van der Waals surface area contributed by atoms with Crippen LogP contribution in [0.4, 0.5) is 0 Å². The third-order valence-corrected chi connectivity index (χ3v) is 13.3. The molecule has 5 nitrogen and oxygen atoms in total. The Kier molecular flexibility index (Phi) is 5.77. The Morgan fingerprint density at radius 1 is 1.00 bits per heavy atom. The number of hydrogen-bond acceptors (Lipinski definition) is 3. The minimum absolute atomic E-state index is 0.0875. The number of hydrogen-bond donors (Lipinski definition) is 2. The Morgan fingerprint density at radius 2 is 1.65 bits per heavy atom. The van der Waals surface area contributed by atoms with Gasteiger partial charge in [0.15, 0.2) is 5.70 Å². The molecule has 5 aliphatic carbocycles. The summed E-state index contributed by atoms with van der Waals surface area (Å²) < 4.78 is 0. The molecule has 0 saturated heterocycles. The molecule has 5 aliphatic rings. The van der Waals surface area contributed by atoms with E-state index in [1.165, 1.54) is 0 Å². The Bertz CT molecular complexity index is 1100. The standard InChI is InChI=1S/C32H47NO4/c1-27(2)11-13-32(18-24(35)36)14-12-31(7)25(19(32)16-27)21(34)15-23-29(5)17-20(33-8)26(37)28(3,4)22(29)9-10-30(23,31)6/h17,19,22-23,25-26,37H,9-16,18H2,1-7H3,(H,35,36)/t19-,22-,23+,25-,26?,29-,30+,31+,32+/m0/s1. The number of carboxylic acid groups (broad SMARTS) is 1. The molecule has 0 bridgehead atoms. The molecule has 0 aromatic carbocycles. The SMILES string of the molecule is [C-]#[N+]C1=C[C@]2(C)[C@H]3CC(=O)[C@@H]4[C@@H]5CC(C)(C)CC[C@]5(CC(=O)O)CC[C@@]4(C)[C@]3(C)CC[C@H]2C(C)(C)C1O. The third-order valence-electron chi connectivity index (χ3n) is 13.3. The summed E-state index contributed by atoms with van der Waals surface area (Å²) >= 11 is 0. The summed E-state index contributed by atoms with van der Waals surface area (Å²) in [6.45, 7) is 23.6. The summed E-state index contributed by atoms with van der Waals surface area (Å²) in [5.41, 5.74) is -0.777. The second-order valence-electron chi connectivity index (χ2n) is 15.8. The molecule has 0 radical (unpaired) electrons. The topological polar surface area (TPSA) is 79.0 Å². The van der Waals surface area contributed by atoms with Crippen molar-refractivity contribution in [1.82, 2.24) is 0 Å². The second-order valence-corrected chi connectivity index (χ2v) is 15.8. The lowest BCUT2D eigenvalue weighted by Gasteiger charge is -2.72. The molecule has 4 fully saturated rings. The molecular formula is C32H47NO4. The summed E-state index contributed by atoms with van der Waals surface area (Å²) in [5.74, 6) is -0.0810. The zero-order valence-electron chi connectivity index (χ0n) is 24.0. The van der Waals surface area contributed by atoms with E-state index in [1.54, 1.807) is 0 Å². The van der Waals surface area contributed by atoms with Crippen LogP contribution >= 0.6 is 0 Å². The Hall–Kier alpha value is -1.67. The molecule has 204 valence electrons. The first kappa shape index (κ1) is 26.9. The van der Waals surface area contributed by atoms with Crippen molar-refractivity contribution < 1.29 is 19.8 Å². The first-order valence-electron chi connectivity index (χ1n) is 14.5. The van der Waals surface area contributed by atoms with Crippen molar-refractivity contribution in [1.29, 1.82) is 0 Å². The van der Waals surface area contributed by atoms with Crippen molar-refractivity contribution in [3.8, 4) is 0 Å². The van der Waals surface area contributed by atoms with E-state index in [0.29, 0.717) is 17.9 Å². The van der Waals surface area contributed by atoms with Crippen LogP contribution in [0.15, 0.2) is 11.8 Å². The number of rotatable bonds is 2. The van der Waals surface area contributed by atoms with Crippen LogP contribution in [0.3, 0.4) is 0 Å². The Morgan fingerprint density at radius 3 is 2.27 bits per heavy atom. The quantitative estimate of drug-likeness (QED) is 0.397. The highest BCUT2D eigenvalue weighted by Gasteiger charge is 2.72. The molecule has 1 unspecified atom stereocenters. The van der Waals surface area contributed by atoms with Gasteiger partial charge in [-0.05, 0) is 95.2 Å². The minimum Gasteiger partial charge on any atom is -0.481 e. The predicted octanol–water partition coefficient (Wildman–Crippen LogP) is 6.91.